The lowest BCUT2D eigenvalue weighted by Gasteiger charge is -2.12. The first-order valence-electron chi connectivity index (χ1n) is 9.08. The Bertz CT molecular complexity index is 1200. The van der Waals surface area contributed by atoms with Crippen LogP contribution < -0.4 is 4.74 Å². The Balaban J connectivity index is 1.64. The number of rotatable bonds is 5. The first-order valence-corrected chi connectivity index (χ1v) is 10.3. The van der Waals surface area contributed by atoms with E-state index in [1.165, 1.54) is 0 Å². The number of ketones is 1. The molecule has 2 amide bonds. The van der Waals surface area contributed by atoms with Gasteiger partial charge in [-0.05, 0) is 58.9 Å². The van der Waals surface area contributed by atoms with Crippen molar-refractivity contribution in [2.24, 2.45) is 0 Å². The van der Waals surface area contributed by atoms with Crippen molar-refractivity contribution in [3.8, 4) is 5.75 Å². The number of hydrogen-bond donors (Lipinski definition) is 0. The van der Waals surface area contributed by atoms with Gasteiger partial charge in [0.05, 0.1) is 18.6 Å². The second-order valence-corrected chi connectivity index (χ2v) is 8.03. The van der Waals surface area contributed by atoms with E-state index in [9.17, 15) is 14.4 Å². The number of methoxy groups -OCH3 is 1. The van der Waals surface area contributed by atoms with Crippen molar-refractivity contribution in [2.75, 3.05) is 13.7 Å². The van der Waals surface area contributed by atoms with Gasteiger partial charge in [-0.15, -0.1) is 0 Å². The van der Waals surface area contributed by atoms with E-state index in [4.69, 9.17) is 16.3 Å². The average molecular weight is 438 g/mol. The summed E-state index contributed by atoms with van der Waals surface area (Å²) in [5, 5.41) is 1.92. The number of hydrogen-bond acceptors (Lipinski definition) is 5. The molecule has 3 aromatic rings. The third kappa shape index (κ3) is 3.84. The monoisotopic (exact) mass is 437 g/mol. The van der Waals surface area contributed by atoms with Gasteiger partial charge in [-0.1, -0.05) is 41.9 Å². The minimum Gasteiger partial charge on any atom is -0.496 e. The predicted molar refractivity (Wildman–Crippen MR) is 119 cm³/mol. The molecule has 0 aromatic heterocycles. The molecule has 3 aromatic carbocycles. The fraction of sp³-hybridized carbons (Fsp3) is 0.0870. The molecule has 4 rings (SSSR count). The Morgan fingerprint density at radius 2 is 1.80 bits per heavy atom. The highest BCUT2D eigenvalue weighted by molar-refractivity contribution is 8.18. The van der Waals surface area contributed by atoms with Gasteiger partial charge in [0, 0.05) is 16.1 Å². The van der Waals surface area contributed by atoms with Crippen LogP contribution >= 0.6 is 23.4 Å². The zero-order valence-electron chi connectivity index (χ0n) is 15.9. The standard InChI is InChI=1S/C23H16ClNO4S/c1-29-20-11-8-14-4-2-3-5-17(14)18(20)12-21-22(27)25(23(28)30-21)13-19(26)15-6-9-16(24)10-7-15/h2-12H,13H2,1H3/b21-12+. The molecule has 1 aliphatic rings. The Hall–Kier alpha value is -3.09. The smallest absolute Gasteiger partial charge is 0.293 e. The van der Waals surface area contributed by atoms with E-state index in [1.807, 2.05) is 36.4 Å². The van der Waals surface area contributed by atoms with Gasteiger partial charge in [-0.25, -0.2) is 0 Å². The van der Waals surface area contributed by atoms with E-state index < -0.39 is 11.1 Å². The fourth-order valence-electron chi connectivity index (χ4n) is 3.24. The summed E-state index contributed by atoms with van der Waals surface area (Å²) >= 11 is 6.66. The SMILES string of the molecule is COc1ccc2ccccc2c1/C=C1/SC(=O)N(CC(=O)c2ccc(Cl)cc2)C1=O. The molecular formula is C23H16ClNO4S. The zero-order valence-corrected chi connectivity index (χ0v) is 17.5. The first-order chi connectivity index (χ1) is 14.5. The van der Waals surface area contributed by atoms with Crippen LogP contribution in [-0.2, 0) is 4.79 Å². The van der Waals surface area contributed by atoms with Crippen LogP contribution in [0.3, 0.4) is 0 Å². The molecule has 30 heavy (non-hydrogen) atoms. The van der Waals surface area contributed by atoms with Gasteiger partial charge < -0.3 is 4.74 Å². The number of nitrogens with zero attached hydrogens (tertiary/aromatic N) is 1. The lowest BCUT2D eigenvalue weighted by Crippen LogP contribution is -2.33. The maximum atomic E-state index is 12.9. The second kappa shape index (κ2) is 8.34. The van der Waals surface area contributed by atoms with Crippen molar-refractivity contribution in [3.63, 3.8) is 0 Å². The van der Waals surface area contributed by atoms with E-state index in [-0.39, 0.29) is 17.2 Å². The molecule has 0 spiro atoms. The highest BCUT2D eigenvalue weighted by atomic mass is 35.5. The third-order valence-corrected chi connectivity index (χ3v) is 5.93. The van der Waals surface area contributed by atoms with Gasteiger partial charge in [0.1, 0.15) is 5.75 Å². The average Bonchev–Trinajstić information content (AvgIpc) is 3.01. The minimum absolute atomic E-state index is 0.249. The molecule has 1 saturated heterocycles. The molecule has 0 unspecified atom stereocenters. The number of Topliss-reactive ketones (excluding diaryl/α,β-unsaturated/α-hetero) is 1. The summed E-state index contributed by atoms with van der Waals surface area (Å²) in [5.74, 6) is -0.238. The summed E-state index contributed by atoms with van der Waals surface area (Å²) in [6.45, 7) is -0.323. The second-order valence-electron chi connectivity index (χ2n) is 6.60. The van der Waals surface area contributed by atoms with E-state index >= 15 is 0 Å². The summed E-state index contributed by atoms with van der Waals surface area (Å²) in [4.78, 5) is 39.0. The number of fused-ring (bicyclic) bond motifs is 1. The molecule has 1 fully saturated rings. The van der Waals surface area contributed by atoms with Crippen molar-refractivity contribution in [3.05, 3.63) is 81.7 Å². The molecular weight excluding hydrogens is 422 g/mol. The third-order valence-electron chi connectivity index (χ3n) is 4.77. The zero-order chi connectivity index (χ0) is 21.3. The summed E-state index contributed by atoms with van der Waals surface area (Å²) in [6, 6.07) is 17.8. The molecule has 150 valence electrons. The fourth-order valence-corrected chi connectivity index (χ4v) is 4.19. The number of carbonyl (C=O) groups excluding carboxylic acids is 3. The molecule has 0 radical (unpaired) electrons. The molecule has 0 aliphatic carbocycles. The topological polar surface area (TPSA) is 63.7 Å². The molecule has 0 saturated carbocycles. The van der Waals surface area contributed by atoms with Gasteiger partial charge in [-0.2, -0.15) is 0 Å². The summed E-state index contributed by atoms with van der Waals surface area (Å²) in [7, 11) is 1.55. The van der Waals surface area contributed by atoms with Crippen LogP contribution in [0, 0.1) is 0 Å². The number of benzene rings is 3. The predicted octanol–water partition coefficient (Wildman–Crippen LogP) is 5.42. The number of carbonyl (C=O) groups is 3. The Morgan fingerprint density at radius 1 is 1.07 bits per heavy atom. The maximum Gasteiger partial charge on any atom is 0.293 e. The van der Waals surface area contributed by atoms with Crippen LogP contribution in [0.25, 0.3) is 16.8 Å². The molecule has 0 bridgehead atoms. The van der Waals surface area contributed by atoms with Crippen LogP contribution in [0.1, 0.15) is 15.9 Å². The van der Waals surface area contributed by atoms with Gasteiger partial charge in [0.2, 0.25) is 0 Å². The van der Waals surface area contributed by atoms with Crippen LogP contribution in [0.15, 0.2) is 65.6 Å². The van der Waals surface area contributed by atoms with Crippen molar-refractivity contribution in [2.45, 2.75) is 0 Å². The number of imide groups is 1. The largest absolute Gasteiger partial charge is 0.496 e. The van der Waals surface area contributed by atoms with Crippen molar-refractivity contribution in [1.82, 2.24) is 4.90 Å². The van der Waals surface area contributed by atoms with E-state index in [0.717, 1.165) is 27.4 Å². The number of ether oxygens (including phenoxy) is 1. The summed E-state index contributed by atoms with van der Waals surface area (Å²) in [6.07, 6.45) is 1.65. The number of thioether (sulfide) groups is 1. The van der Waals surface area contributed by atoms with Gasteiger partial charge in [0.15, 0.2) is 5.78 Å². The Morgan fingerprint density at radius 3 is 2.53 bits per heavy atom. The highest BCUT2D eigenvalue weighted by Crippen LogP contribution is 2.36. The number of halogens is 1. The first kappa shape index (κ1) is 20.2. The van der Waals surface area contributed by atoms with Crippen LogP contribution in [0.5, 0.6) is 5.75 Å². The van der Waals surface area contributed by atoms with Crippen molar-refractivity contribution < 1.29 is 19.1 Å². The number of amides is 2. The summed E-state index contributed by atoms with van der Waals surface area (Å²) < 4.78 is 5.46. The lowest BCUT2D eigenvalue weighted by molar-refractivity contribution is -0.122. The van der Waals surface area contributed by atoms with E-state index in [2.05, 4.69) is 0 Å². The van der Waals surface area contributed by atoms with Crippen molar-refractivity contribution in [1.29, 1.82) is 0 Å². The Labute approximate surface area is 182 Å². The van der Waals surface area contributed by atoms with E-state index in [1.54, 1.807) is 37.5 Å². The highest BCUT2D eigenvalue weighted by Gasteiger charge is 2.36. The summed E-state index contributed by atoms with van der Waals surface area (Å²) in [5.41, 5.74) is 1.10. The van der Waals surface area contributed by atoms with Crippen LogP contribution in [-0.4, -0.2) is 35.5 Å². The van der Waals surface area contributed by atoms with Gasteiger partial charge in [0.25, 0.3) is 11.1 Å². The molecule has 7 heteroatoms. The maximum absolute atomic E-state index is 12.9. The minimum atomic E-state index is -0.498. The Kier molecular flexibility index (Phi) is 5.61. The van der Waals surface area contributed by atoms with Gasteiger partial charge in [-0.3, -0.25) is 19.3 Å². The van der Waals surface area contributed by atoms with Crippen LogP contribution in [0.2, 0.25) is 5.02 Å². The molecule has 5 nitrogen and oxygen atoms in total. The molecule has 1 heterocycles. The normalized spacial score (nSPS) is 15.3. The van der Waals surface area contributed by atoms with Crippen LogP contribution in [0.4, 0.5) is 4.79 Å². The van der Waals surface area contributed by atoms with E-state index in [0.29, 0.717) is 21.9 Å². The quantitative estimate of drug-likeness (QED) is 0.394. The lowest BCUT2D eigenvalue weighted by atomic mass is 10.0. The molecule has 0 atom stereocenters. The molecule has 1 aliphatic heterocycles. The molecule has 0 N–H and O–H groups in total. The van der Waals surface area contributed by atoms with Gasteiger partial charge >= 0.3 is 0 Å². The van der Waals surface area contributed by atoms with Crippen molar-refractivity contribution >= 4 is 57.1 Å².